The fourth-order valence-corrected chi connectivity index (χ4v) is 2.74. The van der Waals surface area contributed by atoms with Gasteiger partial charge in [0, 0.05) is 26.4 Å². The largest absolute Gasteiger partial charge is 0.399 e. The van der Waals surface area contributed by atoms with E-state index in [2.05, 4.69) is 5.32 Å². The minimum absolute atomic E-state index is 0.00785. The molecule has 0 aromatic heterocycles. The first-order chi connectivity index (χ1) is 9.77. The summed E-state index contributed by atoms with van der Waals surface area (Å²) in [5.74, 6) is -1.24. The number of nitrogens with zero attached hydrogens (tertiary/aromatic N) is 1. The van der Waals surface area contributed by atoms with Crippen LogP contribution >= 0.6 is 0 Å². The SMILES string of the molecule is COCCNC(=O)CN(C)S(=O)(=O)c1cc(N)cc(F)c1. The van der Waals surface area contributed by atoms with Crippen LogP contribution in [0.5, 0.6) is 0 Å². The Morgan fingerprint density at radius 1 is 1.43 bits per heavy atom. The molecule has 1 amide bonds. The van der Waals surface area contributed by atoms with Crippen molar-refractivity contribution in [1.82, 2.24) is 9.62 Å². The number of ether oxygens (including phenoxy) is 1. The summed E-state index contributed by atoms with van der Waals surface area (Å²) in [6, 6.07) is 3.00. The highest BCUT2D eigenvalue weighted by molar-refractivity contribution is 7.89. The molecule has 0 aliphatic heterocycles. The van der Waals surface area contributed by atoms with Crippen LogP contribution in [0.15, 0.2) is 23.1 Å². The van der Waals surface area contributed by atoms with Crippen molar-refractivity contribution in [2.75, 3.05) is 39.6 Å². The van der Waals surface area contributed by atoms with E-state index in [1.807, 2.05) is 0 Å². The van der Waals surface area contributed by atoms with Crippen molar-refractivity contribution in [1.29, 1.82) is 0 Å². The molecule has 0 radical (unpaired) electrons. The predicted molar refractivity (Wildman–Crippen MR) is 75.5 cm³/mol. The van der Waals surface area contributed by atoms with E-state index in [0.29, 0.717) is 6.61 Å². The summed E-state index contributed by atoms with van der Waals surface area (Å²) in [5, 5.41) is 2.49. The fraction of sp³-hybridized carbons (Fsp3) is 0.417. The average Bonchev–Trinajstić information content (AvgIpc) is 2.37. The average molecular weight is 319 g/mol. The van der Waals surface area contributed by atoms with Crippen LogP contribution in [0.1, 0.15) is 0 Å². The minimum atomic E-state index is -3.99. The molecule has 1 aromatic rings. The lowest BCUT2D eigenvalue weighted by Gasteiger charge is -2.17. The van der Waals surface area contributed by atoms with E-state index >= 15 is 0 Å². The van der Waals surface area contributed by atoms with E-state index in [1.54, 1.807) is 0 Å². The molecule has 9 heteroatoms. The topological polar surface area (TPSA) is 102 Å². The molecule has 0 unspecified atom stereocenters. The number of benzene rings is 1. The van der Waals surface area contributed by atoms with Crippen molar-refractivity contribution in [2.45, 2.75) is 4.90 Å². The number of nitrogens with one attached hydrogen (secondary N) is 1. The summed E-state index contributed by atoms with van der Waals surface area (Å²) in [6.07, 6.45) is 0. The van der Waals surface area contributed by atoms with Gasteiger partial charge in [0.1, 0.15) is 5.82 Å². The van der Waals surface area contributed by atoms with Crippen LogP contribution in [0.4, 0.5) is 10.1 Å². The molecule has 0 aliphatic rings. The highest BCUT2D eigenvalue weighted by atomic mass is 32.2. The number of anilines is 1. The van der Waals surface area contributed by atoms with Gasteiger partial charge in [-0.2, -0.15) is 4.31 Å². The molecule has 1 rings (SSSR count). The zero-order valence-electron chi connectivity index (χ0n) is 11.8. The maximum Gasteiger partial charge on any atom is 0.243 e. The zero-order valence-corrected chi connectivity index (χ0v) is 12.6. The quantitative estimate of drug-likeness (QED) is 0.535. The first-order valence-corrected chi connectivity index (χ1v) is 7.49. The molecule has 0 saturated heterocycles. The maximum absolute atomic E-state index is 13.2. The van der Waals surface area contributed by atoms with Gasteiger partial charge in [-0.05, 0) is 18.2 Å². The molecule has 0 atom stereocenters. The van der Waals surface area contributed by atoms with E-state index in [4.69, 9.17) is 10.5 Å². The standard InChI is InChI=1S/C12H18FN3O4S/c1-16(8-12(17)15-3-4-20-2)21(18,19)11-6-9(13)5-10(14)7-11/h5-7H,3-4,8,14H2,1-2H3,(H,15,17). The van der Waals surface area contributed by atoms with Crippen LogP contribution in [0.3, 0.4) is 0 Å². The van der Waals surface area contributed by atoms with E-state index in [1.165, 1.54) is 14.2 Å². The van der Waals surface area contributed by atoms with Crippen molar-refractivity contribution < 1.29 is 22.3 Å². The molecule has 0 aliphatic carbocycles. The number of carbonyl (C=O) groups is 1. The summed E-state index contributed by atoms with van der Waals surface area (Å²) in [4.78, 5) is 11.3. The number of nitrogen functional groups attached to an aromatic ring is 1. The third-order valence-electron chi connectivity index (χ3n) is 2.60. The fourth-order valence-electron chi connectivity index (χ4n) is 1.55. The molecule has 0 fully saturated rings. The molecule has 7 nitrogen and oxygen atoms in total. The van der Waals surface area contributed by atoms with Crippen molar-refractivity contribution in [3.8, 4) is 0 Å². The molecule has 118 valence electrons. The van der Waals surface area contributed by atoms with Crippen LogP contribution in [0.2, 0.25) is 0 Å². The molecule has 0 heterocycles. The molecule has 0 saturated carbocycles. The van der Waals surface area contributed by atoms with E-state index < -0.39 is 21.7 Å². The van der Waals surface area contributed by atoms with Crippen LogP contribution in [0, 0.1) is 5.82 Å². The molecular formula is C12H18FN3O4S. The van der Waals surface area contributed by atoms with Gasteiger partial charge in [0.05, 0.1) is 18.0 Å². The van der Waals surface area contributed by atoms with Gasteiger partial charge in [0.15, 0.2) is 0 Å². The minimum Gasteiger partial charge on any atom is -0.399 e. The number of methoxy groups -OCH3 is 1. The summed E-state index contributed by atoms with van der Waals surface area (Å²) < 4.78 is 43.2. The van der Waals surface area contributed by atoms with Gasteiger partial charge in [-0.1, -0.05) is 0 Å². The number of halogens is 1. The predicted octanol–water partition coefficient (Wildman–Crippen LogP) is -0.209. The Morgan fingerprint density at radius 3 is 2.67 bits per heavy atom. The number of carbonyl (C=O) groups excluding carboxylic acids is 1. The van der Waals surface area contributed by atoms with Crippen molar-refractivity contribution in [3.63, 3.8) is 0 Å². The van der Waals surface area contributed by atoms with Gasteiger partial charge in [-0.25, -0.2) is 12.8 Å². The molecule has 21 heavy (non-hydrogen) atoms. The molecule has 1 aromatic carbocycles. The third kappa shape index (κ3) is 4.96. The summed E-state index contributed by atoms with van der Waals surface area (Å²) >= 11 is 0. The molecular weight excluding hydrogens is 301 g/mol. The Hall–Kier alpha value is -1.71. The van der Waals surface area contributed by atoms with Crippen LogP contribution in [-0.2, 0) is 19.6 Å². The third-order valence-corrected chi connectivity index (χ3v) is 4.38. The lowest BCUT2D eigenvalue weighted by Crippen LogP contribution is -2.39. The lowest BCUT2D eigenvalue weighted by atomic mass is 10.3. The number of hydrogen-bond acceptors (Lipinski definition) is 5. The second-order valence-electron chi connectivity index (χ2n) is 4.32. The van der Waals surface area contributed by atoms with Gasteiger partial charge >= 0.3 is 0 Å². The van der Waals surface area contributed by atoms with E-state index in [9.17, 15) is 17.6 Å². The van der Waals surface area contributed by atoms with Gasteiger partial charge < -0.3 is 15.8 Å². The smallest absolute Gasteiger partial charge is 0.243 e. The van der Waals surface area contributed by atoms with E-state index in [-0.39, 0.29) is 23.7 Å². The van der Waals surface area contributed by atoms with Gasteiger partial charge in [0.25, 0.3) is 0 Å². The van der Waals surface area contributed by atoms with Gasteiger partial charge in [-0.3, -0.25) is 4.79 Å². The first-order valence-electron chi connectivity index (χ1n) is 6.05. The van der Waals surface area contributed by atoms with Crippen molar-refractivity contribution >= 4 is 21.6 Å². The number of sulfonamides is 1. The Bertz CT molecular complexity index is 586. The summed E-state index contributed by atoms with van der Waals surface area (Å²) in [5.41, 5.74) is 5.41. The highest BCUT2D eigenvalue weighted by Crippen LogP contribution is 2.18. The van der Waals surface area contributed by atoms with Crippen LogP contribution in [0.25, 0.3) is 0 Å². The Labute approximate surface area is 122 Å². The second kappa shape index (κ2) is 7.34. The molecule has 3 N–H and O–H groups in total. The Balaban J connectivity index is 2.80. The van der Waals surface area contributed by atoms with Gasteiger partial charge in [-0.15, -0.1) is 0 Å². The molecule has 0 spiro atoms. The Kier molecular flexibility index (Phi) is 6.06. The van der Waals surface area contributed by atoms with Crippen LogP contribution in [-0.4, -0.2) is 52.5 Å². The number of rotatable bonds is 7. The lowest BCUT2D eigenvalue weighted by molar-refractivity contribution is -0.121. The summed E-state index contributed by atoms with van der Waals surface area (Å²) in [7, 11) is -1.28. The number of amides is 1. The van der Waals surface area contributed by atoms with Crippen LogP contribution < -0.4 is 11.1 Å². The maximum atomic E-state index is 13.2. The van der Waals surface area contributed by atoms with Crippen molar-refractivity contribution in [2.24, 2.45) is 0 Å². The Morgan fingerprint density at radius 2 is 2.10 bits per heavy atom. The van der Waals surface area contributed by atoms with Gasteiger partial charge in [0.2, 0.25) is 15.9 Å². The first kappa shape index (κ1) is 17.3. The highest BCUT2D eigenvalue weighted by Gasteiger charge is 2.23. The van der Waals surface area contributed by atoms with Crippen molar-refractivity contribution in [3.05, 3.63) is 24.0 Å². The number of likely N-dealkylation sites (N-methyl/N-ethyl adjacent to an activating group) is 1. The number of hydrogen-bond donors (Lipinski definition) is 2. The molecule has 0 bridgehead atoms. The summed E-state index contributed by atoms with van der Waals surface area (Å²) in [6.45, 7) is 0.210. The van der Waals surface area contributed by atoms with E-state index in [0.717, 1.165) is 22.5 Å². The monoisotopic (exact) mass is 319 g/mol. The number of nitrogens with two attached hydrogens (primary N) is 1. The second-order valence-corrected chi connectivity index (χ2v) is 6.37. The normalized spacial score (nSPS) is 11.6. The zero-order chi connectivity index (χ0) is 16.0.